The average molecular weight is 326 g/mol. The van der Waals surface area contributed by atoms with Gasteiger partial charge in [-0.05, 0) is 32.9 Å². The number of amides is 1. The van der Waals surface area contributed by atoms with Gasteiger partial charge in [-0.15, -0.1) is 10.2 Å². The van der Waals surface area contributed by atoms with Crippen LogP contribution in [-0.4, -0.2) is 25.9 Å². The first-order chi connectivity index (χ1) is 10.4. The van der Waals surface area contributed by atoms with Gasteiger partial charge in [0.25, 0.3) is 0 Å². The lowest BCUT2D eigenvalue weighted by atomic mass is 10.3. The van der Waals surface area contributed by atoms with Crippen molar-refractivity contribution in [3.05, 3.63) is 36.2 Å². The van der Waals surface area contributed by atoms with Crippen molar-refractivity contribution in [2.24, 2.45) is 0 Å². The second-order valence-corrected chi connectivity index (χ2v) is 6.30. The summed E-state index contributed by atoms with van der Waals surface area (Å²) >= 11 is 1.25. The average Bonchev–Trinajstić information content (AvgIpc) is 2.91. The van der Waals surface area contributed by atoms with Crippen LogP contribution in [0, 0.1) is 11.6 Å². The van der Waals surface area contributed by atoms with Gasteiger partial charge < -0.3 is 9.88 Å². The molecule has 1 aromatic heterocycles. The third-order valence-corrected chi connectivity index (χ3v) is 4.01. The van der Waals surface area contributed by atoms with Gasteiger partial charge in [0.1, 0.15) is 6.33 Å². The Hall–Kier alpha value is -1.96. The first-order valence-electron chi connectivity index (χ1n) is 6.70. The monoisotopic (exact) mass is 326 g/mol. The second-order valence-electron chi connectivity index (χ2n) is 4.99. The Morgan fingerprint density at radius 1 is 1.27 bits per heavy atom. The van der Waals surface area contributed by atoms with Crippen molar-refractivity contribution in [3.8, 4) is 0 Å². The molecule has 5 nitrogen and oxygen atoms in total. The van der Waals surface area contributed by atoms with Gasteiger partial charge >= 0.3 is 0 Å². The third kappa shape index (κ3) is 3.82. The predicted octanol–water partition coefficient (Wildman–Crippen LogP) is 3.26. The minimum Gasteiger partial charge on any atom is -0.325 e. The summed E-state index contributed by atoms with van der Waals surface area (Å²) in [7, 11) is 0. The van der Waals surface area contributed by atoms with E-state index in [2.05, 4.69) is 15.5 Å². The normalized spacial score (nSPS) is 12.5. The fourth-order valence-corrected chi connectivity index (χ4v) is 2.66. The lowest BCUT2D eigenvalue weighted by Crippen LogP contribution is -2.23. The first kappa shape index (κ1) is 16.4. The summed E-state index contributed by atoms with van der Waals surface area (Å²) in [5, 5.41) is 10.5. The van der Waals surface area contributed by atoms with Crippen molar-refractivity contribution in [2.45, 2.75) is 37.2 Å². The van der Waals surface area contributed by atoms with E-state index < -0.39 is 16.9 Å². The van der Waals surface area contributed by atoms with Crippen LogP contribution in [0.5, 0.6) is 0 Å². The SMILES string of the molecule is CC(Sc1nncn1C(C)C)C(=O)Nc1ccc(F)c(F)c1. The maximum Gasteiger partial charge on any atom is 0.237 e. The van der Waals surface area contributed by atoms with E-state index in [0.29, 0.717) is 5.16 Å². The Labute approximate surface area is 131 Å². The summed E-state index contributed by atoms with van der Waals surface area (Å²) in [6, 6.07) is 3.41. The fraction of sp³-hybridized carbons (Fsp3) is 0.357. The van der Waals surface area contributed by atoms with E-state index in [4.69, 9.17) is 0 Å². The Balaban J connectivity index is 2.02. The van der Waals surface area contributed by atoms with Gasteiger partial charge in [0.15, 0.2) is 16.8 Å². The van der Waals surface area contributed by atoms with Gasteiger partial charge in [0, 0.05) is 17.8 Å². The predicted molar refractivity (Wildman–Crippen MR) is 80.7 cm³/mol. The van der Waals surface area contributed by atoms with Crippen LogP contribution < -0.4 is 5.32 Å². The first-order valence-corrected chi connectivity index (χ1v) is 7.58. The summed E-state index contributed by atoms with van der Waals surface area (Å²) in [6.07, 6.45) is 1.60. The highest BCUT2D eigenvalue weighted by atomic mass is 32.2. The highest BCUT2D eigenvalue weighted by Crippen LogP contribution is 2.24. The van der Waals surface area contributed by atoms with Crippen LogP contribution in [0.3, 0.4) is 0 Å². The molecule has 1 atom stereocenters. The molecule has 0 aliphatic heterocycles. The maximum absolute atomic E-state index is 13.1. The van der Waals surface area contributed by atoms with Gasteiger partial charge in [0.05, 0.1) is 5.25 Å². The number of nitrogens with zero attached hydrogens (tertiary/aromatic N) is 3. The number of halogens is 2. The van der Waals surface area contributed by atoms with E-state index in [1.54, 1.807) is 13.3 Å². The second kappa shape index (κ2) is 6.87. The summed E-state index contributed by atoms with van der Waals surface area (Å²) in [4.78, 5) is 12.1. The van der Waals surface area contributed by atoms with Crippen LogP contribution in [0.4, 0.5) is 14.5 Å². The minimum absolute atomic E-state index is 0.180. The van der Waals surface area contributed by atoms with Gasteiger partial charge in [-0.25, -0.2) is 8.78 Å². The standard InChI is InChI=1S/C14H16F2N4OS/c1-8(2)20-7-17-19-14(20)22-9(3)13(21)18-10-4-5-11(15)12(16)6-10/h4-9H,1-3H3,(H,18,21). The molecule has 2 rings (SSSR count). The van der Waals surface area contributed by atoms with Gasteiger partial charge in [-0.1, -0.05) is 11.8 Å². The van der Waals surface area contributed by atoms with E-state index in [1.165, 1.54) is 17.8 Å². The molecular weight excluding hydrogens is 310 g/mol. The summed E-state index contributed by atoms with van der Waals surface area (Å²) < 4.78 is 27.8. The van der Waals surface area contributed by atoms with Gasteiger partial charge in [-0.2, -0.15) is 0 Å². The number of hydrogen-bond acceptors (Lipinski definition) is 4. The van der Waals surface area contributed by atoms with Crippen molar-refractivity contribution in [1.82, 2.24) is 14.8 Å². The lowest BCUT2D eigenvalue weighted by Gasteiger charge is -2.14. The molecule has 0 radical (unpaired) electrons. The van der Waals surface area contributed by atoms with Crippen LogP contribution in [0.15, 0.2) is 29.7 Å². The Morgan fingerprint density at radius 2 is 2.00 bits per heavy atom. The van der Waals surface area contributed by atoms with E-state index in [1.807, 2.05) is 18.4 Å². The maximum atomic E-state index is 13.1. The lowest BCUT2D eigenvalue weighted by molar-refractivity contribution is -0.115. The van der Waals surface area contributed by atoms with E-state index >= 15 is 0 Å². The molecule has 1 unspecified atom stereocenters. The van der Waals surface area contributed by atoms with E-state index in [0.717, 1.165) is 12.1 Å². The van der Waals surface area contributed by atoms with Crippen LogP contribution >= 0.6 is 11.8 Å². The zero-order valence-corrected chi connectivity index (χ0v) is 13.2. The van der Waals surface area contributed by atoms with Crippen LogP contribution in [0.1, 0.15) is 26.8 Å². The number of benzene rings is 1. The van der Waals surface area contributed by atoms with Crippen molar-refractivity contribution in [3.63, 3.8) is 0 Å². The molecular formula is C14H16F2N4OS. The number of rotatable bonds is 5. The number of thioether (sulfide) groups is 1. The van der Waals surface area contributed by atoms with Gasteiger partial charge in [0.2, 0.25) is 5.91 Å². The Kier molecular flexibility index (Phi) is 5.12. The number of anilines is 1. The largest absolute Gasteiger partial charge is 0.325 e. The number of hydrogen-bond donors (Lipinski definition) is 1. The van der Waals surface area contributed by atoms with Gasteiger partial charge in [-0.3, -0.25) is 4.79 Å². The van der Waals surface area contributed by atoms with Crippen molar-refractivity contribution in [1.29, 1.82) is 0 Å². The smallest absolute Gasteiger partial charge is 0.237 e. The molecule has 0 bridgehead atoms. The zero-order chi connectivity index (χ0) is 16.3. The molecule has 1 heterocycles. The number of aromatic nitrogens is 3. The number of nitrogens with one attached hydrogen (secondary N) is 1. The van der Waals surface area contributed by atoms with E-state index in [-0.39, 0.29) is 17.6 Å². The van der Waals surface area contributed by atoms with E-state index in [9.17, 15) is 13.6 Å². The zero-order valence-electron chi connectivity index (χ0n) is 12.4. The molecule has 0 fully saturated rings. The number of carbonyl (C=O) groups is 1. The Bertz CT molecular complexity index is 675. The highest BCUT2D eigenvalue weighted by Gasteiger charge is 2.19. The van der Waals surface area contributed by atoms with Crippen LogP contribution in [0.25, 0.3) is 0 Å². The molecule has 1 aromatic carbocycles. The van der Waals surface area contributed by atoms with Crippen molar-refractivity contribution < 1.29 is 13.6 Å². The molecule has 8 heteroatoms. The quantitative estimate of drug-likeness (QED) is 0.857. The van der Waals surface area contributed by atoms with Crippen LogP contribution in [-0.2, 0) is 4.79 Å². The fourth-order valence-electron chi connectivity index (χ4n) is 1.70. The minimum atomic E-state index is -1.00. The molecule has 0 spiro atoms. The highest BCUT2D eigenvalue weighted by molar-refractivity contribution is 8.00. The molecule has 0 saturated heterocycles. The van der Waals surface area contributed by atoms with Crippen molar-refractivity contribution >= 4 is 23.4 Å². The topological polar surface area (TPSA) is 59.8 Å². The van der Waals surface area contributed by atoms with Crippen LogP contribution in [0.2, 0.25) is 0 Å². The molecule has 118 valence electrons. The molecule has 0 aliphatic rings. The Morgan fingerprint density at radius 3 is 2.64 bits per heavy atom. The molecule has 0 saturated carbocycles. The third-order valence-electron chi connectivity index (χ3n) is 2.94. The summed E-state index contributed by atoms with van der Waals surface area (Å²) in [5.41, 5.74) is 0.210. The molecule has 2 aromatic rings. The number of carbonyl (C=O) groups excluding carboxylic acids is 1. The van der Waals surface area contributed by atoms with Crippen molar-refractivity contribution in [2.75, 3.05) is 5.32 Å². The molecule has 22 heavy (non-hydrogen) atoms. The molecule has 0 aliphatic carbocycles. The summed E-state index contributed by atoms with van der Waals surface area (Å²) in [6.45, 7) is 5.68. The molecule has 1 amide bonds. The molecule has 1 N–H and O–H groups in total. The summed E-state index contributed by atoms with van der Waals surface area (Å²) in [5.74, 6) is -2.28.